The zero-order valence-electron chi connectivity index (χ0n) is 16.7. The van der Waals surface area contributed by atoms with Crippen LogP contribution in [0, 0.1) is 6.92 Å². The predicted octanol–water partition coefficient (Wildman–Crippen LogP) is 4.60. The average Bonchev–Trinajstić information content (AvgIpc) is 3.19. The summed E-state index contributed by atoms with van der Waals surface area (Å²) in [5, 5.41) is 6.81. The second-order valence-electron chi connectivity index (χ2n) is 6.43. The van der Waals surface area contributed by atoms with E-state index in [0.29, 0.717) is 23.1 Å². The van der Waals surface area contributed by atoms with E-state index in [0.717, 1.165) is 16.8 Å². The standard InChI is InChI=1S/C21H24N4O2S2/c1-4-25(5-2)29(26,27)19-12-10-18(11-13-19)20-15-28-21(23-20)24-22-14-17-8-6-16(3)7-9-17/h6-15H,4-5H2,1-3H3,(H,23,24)/b22-14+. The number of sulfonamides is 1. The summed E-state index contributed by atoms with van der Waals surface area (Å²) in [6.07, 6.45) is 1.74. The molecule has 6 nitrogen and oxygen atoms in total. The number of nitrogens with zero attached hydrogens (tertiary/aromatic N) is 3. The van der Waals surface area contributed by atoms with Gasteiger partial charge in [-0.15, -0.1) is 11.3 Å². The Balaban J connectivity index is 1.69. The molecule has 152 valence electrons. The molecule has 1 heterocycles. The number of hydrazone groups is 1. The lowest BCUT2D eigenvalue weighted by Crippen LogP contribution is -2.30. The van der Waals surface area contributed by atoms with Crippen molar-refractivity contribution in [2.24, 2.45) is 5.10 Å². The molecule has 29 heavy (non-hydrogen) atoms. The van der Waals surface area contributed by atoms with Crippen LogP contribution in [0.2, 0.25) is 0 Å². The Kier molecular flexibility index (Phi) is 6.79. The van der Waals surface area contributed by atoms with Gasteiger partial charge in [-0.25, -0.2) is 13.4 Å². The Labute approximate surface area is 176 Å². The molecule has 0 fully saturated rings. The predicted molar refractivity (Wildman–Crippen MR) is 120 cm³/mol. The van der Waals surface area contributed by atoms with Crippen LogP contribution in [0.25, 0.3) is 11.3 Å². The van der Waals surface area contributed by atoms with Gasteiger partial charge in [-0.1, -0.05) is 55.8 Å². The third-order valence-electron chi connectivity index (χ3n) is 4.45. The van der Waals surface area contributed by atoms with Gasteiger partial charge in [0.2, 0.25) is 15.2 Å². The molecule has 3 aromatic rings. The van der Waals surface area contributed by atoms with Gasteiger partial charge < -0.3 is 0 Å². The van der Waals surface area contributed by atoms with E-state index in [2.05, 4.69) is 15.5 Å². The third-order valence-corrected chi connectivity index (χ3v) is 7.26. The molecule has 0 saturated carbocycles. The molecule has 1 N–H and O–H groups in total. The number of hydrogen-bond donors (Lipinski definition) is 1. The van der Waals surface area contributed by atoms with E-state index in [1.807, 2.05) is 50.4 Å². The molecule has 2 aromatic carbocycles. The van der Waals surface area contributed by atoms with E-state index in [1.165, 1.54) is 21.2 Å². The van der Waals surface area contributed by atoms with Crippen molar-refractivity contribution in [3.8, 4) is 11.3 Å². The highest BCUT2D eigenvalue weighted by Gasteiger charge is 2.21. The molecule has 0 aliphatic carbocycles. The second-order valence-corrected chi connectivity index (χ2v) is 9.23. The van der Waals surface area contributed by atoms with Crippen molar-refractivity contribution >= 4 is 32.7 Å². The van der Waals surface area contributed by atoms with Gasteiger partial charge in [-0.05, 0) is 24.6 Å². The fourth-order valence-corrected chi connectivity index (χ4v) is 4.91. The first-order chi connectivity index (χ1) is 13.9. The van der Waals surface area contributed by atoms with E-state index in [-0.39, 0.29) is 0 Å². The molecule has 0 radical (unpaired) electrons. The molecule has 0 bridgehead atoms. The molecule has 3 rings (SSSR count). The van der Waals surface area contributed by atoms with Crippen molar-refractivity contribution in [3.63, 3.8) is 0 Å². The molecule has 0 amide bonds. The maximum absolute atomic E-state index is 12.6. The molecule has 8 heteroatoms. The van der Waals surface area contributed by atoms with Crippen molar-refractivity contribution < 1.29 is 8.42 Å². The number of rotatable bonds is 8. The number of benzene rings is 2. The molecule has 1 aromatic heterocycles. The van der Waals surface area contributed by atoms with Crippen molar-refractivity contribution in [2.75, 3.05) is 18.5 Å². The summed E-state index contributed by atoms with van der Waals surface area (Å²) in [5.41, 5.74) is 6.78. The first-order valence-electron chi connectivity index (χ1n) is 9.36. The highest BCUT2D eigenvalue weighted by Crippen LogP contribution is 2.26. The number of thiazole rings is 1. The van der Waals surface area contributed by atoms with E-state index < -0.39 is 10.0 Å². The first kappa shape index (κ1) is 21.2. The molecule has 0 spiro atoms. The Bertz CT molecular complexity index is 1070. The highest BCUT2D eigenvalue weighted by atomic mass is 32.2. The molecule has 0 aliphatic rings. The fourth-order valence-electron chi connectivity index (χ4n) is 2.78. The Morgan fingerprint density at radius 1 is 1.07 bits per heavy atom. The number of anilines is 1. The van der Waals surface area contributed by atoms with E-state index in [9.17, 15) is 8.42 Å². The van der Waals surface area contributed by atoms with Gasteiger partial charge in [-0.2, -0.15) is 9.41 Å². The van der Waals surface area contributed by atoms with Gasteiger partial charge in [0, 0.05) is 24.0 Å². The van der Waals surface area contributed by atoms with Gasteiger partial charge >= 0.3 is 0 Å². The monoisotopic (exact) mass is 428 g/mol. The van der Waals surface area contributed by atoms with Crippen LogP contribution in [0.5, 0.6) is 0 Å². The number of aryl methyl sites for hydroxylation is 1. The van der Waals surface area contributed by atoms with Gasteiger partial charge in [0.05, 0.1) is 16.8 Å². The van der Waals surface area contributed by atoms with Gasteiger partial charge in [0.1, 0.15) is 0 Å². The van der Waals surface area contributed by atoms with Crippen molar-refractivity contribution in [2.45, 2.75) is 25.7 Å². The molecular formula is C21H24N4O2S2. The average molecular weight is 429 g/mol. The van der Waals surface area contributed by atoms with E-state index in [1.54, 1.807) is 30.5 Å². The summed E-state index contributed by atoms with van der Waals surface area (Å²) in [7, 11) is -3.45. The molecule has 0 unspecified atom stereocenters. The van der Waals surface area contributed by atoms with E-state index in [4.69, 9.17) is 0 Å². The Morgan fingerprint density at radius 3 is 2.34 bits per heavy atom. The SMILES string of the molecule is CCN(CC)S(=O)(=O)c1ccc(-c2csc(N/N=C/c3ccc(C)cc3)n2)cc1. The summed E-state index contributed by atoms with van der Waals surface area (Å²) in [6, 6.07) is 14.9. The summed E-state index contributed by atoms with van der Waals surface area (Å²) >= 11 is 1.44. The maximum Gasteiger partial charge on any atom is 0.243 e. The van der Waals surface area contributed by atoms with Crippen LogP contribution in [0.4, 0.5) is 5.13 Å². The van der Waals surface area contributed by atoms with E-state index >= 15 is 0 Å². The van der Waals surface area contributed by atoms with Crippen LogP contribution in [0.15, 0.2) is 63.9 Å². The minimum atomic E-state index is -3.45. The molecule has 0 aliphatic heterocycles. The number of nitrogens with one attached hydrogen (secondary N) is 1. The lowest BCUT2D eigenvalue weighted by molar-refractivity contribution is 0.445. The van der Waals surface area contributed by atoms with Crippen LogP contribution in [0.3, 0.4) is 0 Å². The fraction of sp³-hybridized carbons (Fsp3) is 0.238. The number of hydrogen-bond acceptors (Lipinski definition) is 6. The first-order valence-corrected chi connectivity index (χ1v) is 11.7. The zero-order valence-corrected chi connectivity index (χ0v) is 18.3. The Morgan fingerprint density at radius 2 is 1.72 bits per heavy atom. The van der Waals surface area contributed by atoms with Gasteiger partial charge in [0.15, 0.2) is 0 Å². The summed E-state index contributed by atoms with van der Waals surface area (Å²) in [4.78, 5) is 4.81. The minimum absolute atomic E-state index is 0.293. The highest BCUT2D eigenvalue weighted by molar-refractivity contribution is 7.89. The third kappa shape index (κ3) is 5.09. The number of aromatic nitrogens is 1. The van der Waals surface area contributed by atoms with Crippen LogP contribution in [-0.2, 0) is 10.0 Å². The topological polar surface area (TPSA) is 74.7 Å². The van der Waals surface area contributed by atoms with Gasteiger partial charge in [-0.3, -0.25) is 5.43 Å². The Hall–Kier alpha value is -2.55. The zero-order chi connectivity index (χ0) is 20.9. The quantitative estimate of drug-likeness (QED) is 0.420. The summed E-state index contributed by atoms with van der Waals surface area (Å²) in [6.45, 7) is 6.61. The molecule has 0 saturated heterocycles. The summed E-state index contributed by atoms with van der Waals surface area (Å²) in [5.74, 6) is 0. The lowest BCUT2D eigenvalue weighted by atomic mass is 10.2. The van der Waals surface area contributed by atoms with Crippen LogP contribution >= 0.6 is 11.3 Å². The largest absolute Gasteiger partial charge is 0.253 e. The molecule has 0 atom stereocenters. The van der Waals surface area contributed by atoms with Crippen molar-refractivity contribution in [1.29, 1.82) is 0 Å². The van der Waals surface area contributed by atoms with Crippen molar-refractivity contribution in [1.82, 2.24) is 9.29 Å². The maximum atomic E-state index is 12.6. The lowest BCUT2D eigenvalue weighted by Gasteiger charge is -2.18. The second kappa shape index (κ2) is 9.30. The minimum Gasteiger partial charge on any atom is -0.253 e. The van der Waals surface area contributed by atoms with Gasteiger partial charge in [0.25, 0.3) is 0 Å². The van der Waals surface area contributed by atoms with Crippen LogP contribution < -0.4 is 5.43 Å². The summed E-state index contributed by atoms with van der Waals surface area (Å²) < 4.78 is 26.6. The smallest absolute Gasteiger partial charge is 0.243 e. The van der Waals surface area contributed by atoms with Crippen LogP contribution in [-0.4, -0.2) is 37.0 Å². The normalized spacial score (nSPS) is 12.0. The van der Waals surface area contributed by atoms with Crippen molar-refractivity contribution in [3.05, 3.63) is 65.0 Å². The molecular weight excluding hydrogens is 404 g/mol. The van der Waals surface area contributed by atoms with Crippen LogP contribution in [0.1, 0.15) is 25.0 Å².